The molecule has 0 aliphatic carbocycles. The molecule has 0 saturated heterocycles. The molecule has 0 amide bonds. The van der Waals surface area contributed by atoms with E-state index in [2.05, 4.69) is 4.98 Å². The summed E-state index contributed by atoms with van der Waals surface area (Å²) < 4.78 is 18.7. The van der Waals surface area contributed by atoms with Crippen molar-refractivity contribution >= 4 is 11.6 Å². The molecular weight excluding hydrogens is 267 g/mol. The van der Waals surface area contributed by atoms with Crippen LogP contribution in [0.1, 0.15) is 16.8 Å². The maximum Gasteiger partial charge on any atom is 0.140 e. The molecular formula is C14H10ClFN2O. The predicted molar refractivity (Wildman–Crippen MR) is 69.2 cm³/mol. The van der Waals surface area contributed by atoms with Gasteiger partial charge >= 0.3 is 0 Å². The third-order valence-electron chi connectivity index (χ3n) is 2.43. The molecule has 0 radical (unpaired) electrons. The third-order valence-corrected chi connectivity index (χ3v) is 2.74. The first-order valence-electron chi connectivity index (χ1n) is 5.54. The summed E-state index contributed by atoms with van der Waals surface area (Å²) in [4.78, 5) is 3.86. The summed E-state index contributed by atoms with van der Waals surface area (Å²) in [5.41, 5.74) is 1.77. The van der Waals surface area contributed by atoms with E-state index in [0.29, 0.717) is 17.0 Å². The first-order chi connectivity index (χ1) is 9.21. The average Bonchev–Trinajstić information content (AvgIpc) is 2.44. The maximum absolute atomic E-state index is 13.3. The molecule has 2 aromatic rings. The van der Waals surface area contributed by atoms with Gasteiger partial charge in [-0.2, -0.15) is 5.26 Å². The Hall–Kier alpha value is -2.12. The molecule has 0 bridgehead atoms. The first kappa shape index (κ1) is 13.3. The number of halogens is 2. The molecule has 2 rings (SSSR count). The third kappa shape index (κ3) is 3.67. The smallest absolute Gasteiger partial charge is 0.140 e. The fraction of sp³-hybridized carbons (Fsp3) is 0.143. The number of benzene rings is 1. The number of alkyl halides is 1. The normalized spacial score (nSPS) is 9.95. The van der Waals surface area contributed by atoms with Crippen LogP contribution in [0.3, 0.4) is 0 Å². The minimum Gasteiger partial charge on any atom is -0.489 e. The molecule has 1 aromatic heterocycles. The summed E-state index contributed by atoms with van der Waals surface area (Å²) in [6, 6.07) is 9.65. The number of hydrogen-bond acceptors (Lipinski definition) is 3. The van der Waals surface area contributed by atoms with Gasteiger partial charge in [-0.1, -0.05) is 0 Å². The Kier molecular flexibility index (Phi) is 4.32. The fourth-order valence-electron chi connectivity index (χ4n) is 1.57. The summed E-state index contributed by atoms with van der Waals surface area (Å²) in [7, 11) is 0. The van der Waals surface area contributed by atoms with Gasteiger partial charge in [0.25, 0.3) is 0 Å². The van der Waals surface area contributed by atoms with Gasteiger partial charge in [0, 0.05) is 18.1 Å². The number of aromatic nitrogens is 1. The maximum atomic E-state index is 13.3. The molecule has 96 valence electrons. The summed E-state index contributed by atoms with van der Waals surface area (Å²) in [5, 5.41) is 8.73. The highest BCUT2D eigenvalue weighted by atomic mass is 35.5. The van der Waals surface area contributed by atoms with Crippen molar-refractivity contribution < 1.29 is 9.13 Å². The fourth-order valence-corrected chi connectivity index (χ4v) is 1.73. The number of nitriles is 1. The SMILES string of the molecule is N#Cc1cc(COc2cc(F)cc(CCl)c2)ccn1. The van der Waals surface area contributed by atoms with E-state index < -0.39 is 0 Å². The second kappa shape index (κ2) is 6.17. The van der Waals surface area contributed by atoms with Crippen LogP contribution in [0.25, 0.3) is 0 Å². The number of pyridine rings is 1. The Morgan fingerprint density at radius 1 is 1.26 bits per heavy atom. The Balaban J connectivity index is 2.10. The molecule has 0 atom stereocenters. The van der Waals surface area contributed by atoms with E-state index in [-0.39, 0.29) is 18.3 Å². The molecule has 0 aliphatic heterocycles. The van der Waals surface area contributed by atoms with Crippen molar-refractivity contribution in [3.63, 3.8) is 0 Å². The quantitative estimate of drug-likeness (QED) is 0.804. The molecule has 0 N–H and O–H groups in total. The second-order valence-corrected chi connectivity index (χ2v) is 4.15. The lowest BCUT2D eigenvalue weighted by atomic mass is 10.2. The second-order valence-electron chi connectivity index (χ2n) is 3.88. The molecule has 19 heavy (non-hydrogen) atoms. The molecule has 0 unspecified atom stereocenters. The van der Waals surface area contributed by atoms with E-state index >= 15 is 0 Å². The van der Waals surface area contributed by atoms with Gasteiger partial charge in [-0.3, -0.25) is 0 Å². The molecule has 0 spiro atoms. The zero-order valence-electron chi connectivity index (χ0n) is 9.94. The van der Waals surface area contributed by atoms with Crippen molar-refractivity contribution in [2.24, 2.45) is 0 Å². The van der Waals surface area contributed by atoms with E-state index in [1.54, 1.807) is 18.2 Å². The summed E-state index contributed by atoms with van der Waals surface area (Å²) in [5.74, 6) is 0.244. The van der Waals surface area contributed by atoms with E-state index in [0.717, 1.165) is 5.56 Å². The Morgan fingerprint density at radius 3 is 2.84 bits per heavy atom. The summed E-state index contributed by atoms with van der Waals surface area (Å²) in [6.45, 7) is 0.238. The minimum absolute atomic E-state index is 0.224. The van der Waals surface area contributed by atoms with Gasteiger partial charge in [-0.25, -0.2) is 9.37 Å². The lowest BCUT2D eigenvalue weighted by Crippen LogP contribution is -1.98. The van der Waals surface area contributed by atoms with Crippen LogP contribution in [-0.4, -0.2) is 4.98 Å². The van der Waals surface area contributed by atoms with Crippen molar-refractivity contribution in [1.29, 1.82) is 5.26 Å². The monoisotopic (exact) mass is 276 g/mol. The van der Waals surface area contributed by atoms with Crippen molar-refractivity contribution in [2.45, 2.75) is 12.5 Å². The number of rotatable bonds is 4. The van der Waals surface area contributed by atoms with Gasteiger partial charge in [0.2, 0.25) is 0 Å². The van der Waals surface area contributed by atoms with Crippen LogP contribution >= 0.6 is 11.6 Å². The van der Waals surface area contributed by atoms with E-state index in [4.69, 9.17) is 21.6 Å². The van der Waals surface area contributed by atoms with Gasteiger partial charge < -0.3 is 4.74 Å². The predicted octanol–water partition coefficient (Wildman–Crippen LogP) is 3.41. The Labute approximate surface area is 115 Å². The lowest BCUT2D eigenvalue weighted by molar-refractivity contribution is 0.304. The molecule has 3 nitrogen and oxygen atoms in total. The number of ether oxygens (including phenoxy) is 1. The van der Waals surface area contributed by atoms with Crippen LogP contribution in [0.5, 0.6) is 5.75 Å². The van der Waals surface area contributed by atoms with Crippen LogP contribution in [-0.2, 0) is 12.5 Å². The Bertz CT molecular complexity index is 625. The van der Waals surface area contributed by atoms with E-state index in [1.807, 2.05) is 6.07 Å². The van der Waals surface area contributed by atoms with Crippen LogP contribution in [0.2, 0.25) is 0 Å². The summed E-state index contributed by atoms with van der Waals surface area (Å²) >= 11 is 5.66. The van der Waals surface area contributed by atoms with Gasteiger partial charge in [0.05, 0.1) is 0 Å². The van der Waals surface area contributed by atoms with Gasteiger partial charge in [-0.15, -0.1) is 11.6 Å². The van der Waals surface area contributed by atoms with Crippen LogP contribution in [0.4, 0.5) is 4.39 Å². The Morgan fingerprint density at radius 2 is 2.11 bits per heavy atom. The van der Waals surface area contributed by atoms with Crippen LogP contribution in [0, 0.1) is 17.1 Å². The number of hydrogen-bond donors (Lipinski definition) is 0. The van der Waals surface area contributed by atoms with E-state index in [1.165, 1.54) is 18.3 Å². The highest BCUT2D eigenvalue weighted by molar-refractivity contribution is 6.17. The molecule has 1 aromatic carbocycles. The molecule has 5 heteroatoms. The zero-order valence-corrected chi connectivity index (χ0v) is 10.7. The topological polar surface area (TPSA) is 45.9 Å². The largest absolute Gasteiger partial charge is 0.489 e. The summed E-state index contributed by atoms with van der Waals surface area (Å²) in [6.07, 6.45) is 1.53. The van der Waals surface area contributed by atoms with Crippen LogP contribution in [0.15, 0.2) is 36.5 Å². The molecule has 1 heterocycles. The van der Waals surface area contributed by atoms with Crippen molar-refractivity contribution in [3.8, 4) is 11.8 Å². The standard InChI is InChI=1S/C14H10ClFN2O/c15-7-11-3-12(16)6-14(5-11)19-9-10-1-2-18-13(4-10)8-17/h1-6H,7,9H2. The average molecular weight is 277 g/mol. The van der Waals surface area contributed by atoms with Crippen molar-refractivity contribution in [1.82, 2.24) is 4.98 Å². The molecule has 0 saturated carbocycles. The van der Waals surface area contributed by atoms with E-state index in [9.17, 15) is 4.39 Å². The zero-order chi connectivity index (χ0) is 13.7. The lowest BCUT2D eigenvalue weighted by Gasteiger charge is -2.08. The molecule has 0 aliphatic rings. The first-order valence-corrected chi connectivity index (χ1v) is 6.08. The van der Waals surface area contributed by atoms with Crippen LogP contribution < -0.4 is 4.74 Å². The highest BCUT2D eigenvalue weighted by Gasteiger charge is 2.03. The minimum atomic E-state index is -0.388. The van der Waals surface area contributed by atoms with Gasteiger partial charge in [-0.05, 0) is 35.4 Å². The van der Waals surface area contributed by atoms with Gasteiger partial charge in [0.1, 0.15) is 29.9 Å². The number of nitrogens with zero attached hydrogens (tertiary/aromatic N) is 2. The molecule has 0 fully saturated rings. The highest BCUT2D eigenvalue weighted by Crippen LogP contribution is 2.19. The van der Waals surface area contributed by atoms with Crippen molar-refractivity contribution in [3.05, 3.63) is 59.2 Å². The van der Waals surface area contributed by atoms with Crippen molar-refractivity contribution in [2.75, 3.05) is 0 Å². The van der Waals surface area contributed by atoms with Gasteiger partial charge in [0.15, 0.2) is 0 Å².